The van der Waals surface area contributed by atoms with Crippen LogP contribution < -0.4 is 5.32 Å². The Kier molecular flexibility index (Phi) is 6.93. The number of thioether (sulfide) groups is 1. The maximum absolute atomic E-state index is 11.6. The molecule has 8 heteroatoms. The zero-order valence-corrected chi connectivity index (χ0v) is 15.5. The molecule has 1 N–H and O–H groups in total. The molecule has 0 saturated carbocycles. The maximum atomic E-state index is 11.6. The van der Waals surface area contributed by atoms with E-state index in [1.165, 1.54) is 11.8 Å². The molecule has 1 heterocycles. The van der Waals surface area contributed by atoms with E-state index in [-0.39, 0.29) is 17.8 Å². The number of carbonyl (C=O) groups excluding carboxylic acids is 1. The van der Waals surface area contributed by atoms with Gasteiger partial charge in [0.25, 0.3) is 0 Å². The highest BCUT2D eigenvalue weighted by Gasteiger charge is 2.14. The summed E-state index contributed by atoms with van der Waals surface area (Å²) < 4.78 is 7.11. The number of hydrogen-bond donors (Lipinski definition) is 1. The second kappa shape index (κ2) is 8.94. The number of anilines is 1. The van der Waals surface area contributed by atoms with Gasteiger partial charge in [0.1, 0.15) is 0 Å². The Morgan fingerprint density at radius 3 is 2.67 bits per heavy atom. The monoisotopic (exact) mass is 368 g/mol. The molecule has 0 atom stereocenters. The number of hydrogen-bond acceptors (Lipinski definition) is 6. The zero-order chi connectivity index (χ0) is 17.5. The lowest BCUT2D eigenvalue weighted by Gasteiger charge is -2.10. The van der Waals surface area contributed by atoms with Crippen LogP contribution in [-0.4, -0.2) is 32.6 Å². The summed E-state index contributed by atoms with van der Waals surface area (Å²) >= 11 is 7.21. The lowest BCUT2D eigenvalue weighted by atomic mass is 10.3. The molecule has 6 nitrogen and oxygen atoms in total. The molecule has 0 amide bonds. The topological polar surface area (TPSA) is 69.0 Å². The van der Waals surface area contributed by atoms with Crippen molar-refractivity contribution < 1.29 is 9.53 Å². The first-order valence-electron chi connectivity index (χ1n) is 7.73. The van der Waals surface area contributed by atoms with Gasteiger partial charge in [-0.1, -0.05) is 23.4 Å². The summed E-state index contributed by atoms with van der Waals surface area (Å²) in [6, 6.07) is 7.48. The van der Waals surface area contributed by atoms with Crippen LogP contribution in [0.25, 0.3) is 0 Å². The summed E-state index contributed by atoms with van der Waals surface area (Å²) in [6.07, 6.45) is -0.110. The highest BCUT2D eigenvalue weighted by Crippen LogP contribution is 2.19. The number of carbonyl (C=O) groups is 1. The average Bonchev–Trinajstić information content (AvgIpc) is 2.93. The molecular formula is C16H21ClN4O2S. The normalized spacial score (nSPS) is 10.9. The van der Waals surface area contributed by atoms with Crippen molar-refractivity contribution in [3.8, 4) is 0 Å². The zero-order valence-electron chi connectivity index (χ0n) is 14.0. The lowest BCUT2D eigenvalue weighted by Crippen LogP contribution is -2.14. The molecule has 0 radical (unpaired) electrons. The molecule has 0 aliphatic carbocycles. The molecule has 0 fully saturated rings. The molecule has 0 spiro atoms. The number of ether oxygens (including phenoxy) is 1. The van der Waals surface area contributed by atoms with Gasteiger partial charge in [-0.3, -0.25) is 4.79 Å². The van der Waals surface area contributed by atoms with E-state index in [4.69, 9.17) is 16.3 Å². The van der Waals surface area contributed by atoms with Gasteiger partial charge in [0.15, 0.2) is 11.0 Å². The summed E-state index contributed by atoms with van der Waals surface area (Å²) in [6.45, 7) is 6.95. The summed E-state index contributed by atoms with van der Waals surface area (Å²) in [4.78, 5) is 11.6. The Hall–Kier alpha value is -1.73. The Morgan fingerprint density at radius 1 is 1.33 bits per heavy atom. The number of halogens is 1. The number of nitrogens with zero attached hydrogens (tertiary/aromatic N) is 3. The molecule has 0 bridgehead atoms. The van der Waals surface area contributed by atoms with Crippen molar-refractivity contribution in [1.82, 2.24) is 14.8 Å². The van der Waals surface area contributed by atoms with Crippen LogP contribution in [0, 0.1) is 0 Å². The minimum atomic E-state index is -0.249. The van der Waals surface area contributed by atoms with Crippen LogP contribution in [-0.2, 0) is 22.6 Å². The second-order valence-corrected chi connectivity index (χ2v) is 6.71. The fourth-order valence-corrected chi connectivity index (χ4v) is 2.97. The SMILES string of the molecule is CCn1c(CNc2ccc(Cl)cc2)nnc1SCC(=O)OC(C)C. The molecule has 0 saturated heterocycles. The van der Waals surface area contributed by atoms with Gasteiger partial charge in [-0.15, -0.1) is 10.2 Å². The average molecular weight is 369 g/mol. The van der Waals surface area contributed by atoms with Crippen molar-refractivity contribution in [2.75, 3.05) is 11.1 Å². The summed E-state index contributed by atoms with van der Waals surface area (Å²) in [5.41, 5.74) is 0.958. The Labute approximate surface area is 150 Å². The first kappa shape index (κ1) is 18.6. The molecule has 24 heavy (non-hydrogen) atoms. The van der Waals surface area contributed by atoms with Crippen molar-refractivity contribution in [3.05, 3.63) is 35.1 Å². The van der Waals surface area contributed by atoms with E-state index >= 15 is 0 Å². The number of aromatic nitrogens is 3. The number of rotatable bonds is 8. The van der Waals surface area contributed by atoms with E-state index in [0.29, 0.717) is 16.7 Å². The Balaban J connectivity index is 1.95. The predicted octanol–water partition coefficient (Wildman–Crippen LogP) is 3.61. The highest BCUT2D eigenvalue weighted by atomic mass is 35.5. The highest BCUT2D eigenvalue weighted by molar-refractivity contribution is 7.99. The summed E-state index contributed by atoms with van der Waals surface area (Å²) in [5, 5.41) is 13.1. The van der Waals surface area contributed by atoms with Crippen LogP contribution in [0.2, 0.25) is 5.02 Å². The van der Waals surface area contributed by atoms with Crippen molar-refractivity contribution in [3.63, 3.8) is 0 Å². The minimum absolute atomic E-state index is 0.110. The molecule has 0 aliphatic heterocycles. The minimum Gasteiger partial charge on any atom is -0.462 e. The van der Waals surface area contributed by atoms with Gasteiger partial charge in [-0.2, -0.15) is 0 Å². The van der Waals surface area contributed by atoms with Crippen LogP contribution in [0.1, 0.15) is 26.6 Å². The van der Waals surface area contributed by atoms with Crippen molar-refractivity contribution in [1.29, 1.82) is 0 Å². The Bertz CT molecular complexity index is 673. The third kappa shape index (κ3) is 5.42. The van der Waals surface area contributed by atoms with Gasteiger partial charge in [-0.05, 0) is 45.0 Å². The van der Waals surface area contributed by atoms with Crippen molar-refractivity contribution in [2.24, 2.45) is 0 Å². The molecule has 130 valence electrons. The summed E-state index contributed by atoms with van der Waals surface area (Å²) in [7, 11) is 0. The second-order valence-electron chi connectivity index (χ2n) is 5.33. The van der Waals surface area contributed by atoms with Gasteiger partial charge >= 0.3 is 5.97 Å². The van der Waals surface area contributed by atoms with E-state index in [9.17, 15) is 4.79 Å². The van der Waals surface area contributed by atoms with Gasteiger partial charge < -0.3 is 14.6 Å². The van der Waals surface area contributed by atoms with Gasteiger partial charge in [0.05, 0.1) is 18.4 Å². The smallest absolute Gasteiger partial charge is 0.316 e. The molecule has 2 rings (SSSR count). The van der Waals surface area contributed by atoms with E-state index < -0.39 is 0 Å². The Morgan fingerprint density at radius 2 is 2.04 bits per heavy atom. The molecule has 0 aliphatic rings. The van der Waals surface area contributed by atoms with Gasteiger partial charge in [-0.25, -0.2) is 0 Å². The number of benzene rings is 1. The largest absolute Gasteiger partial charge is 0.462 e. The van der Waals surface area contributed by atoms with Crippen molar-refractivity contribution in [2.45, 2.75) is 45.1 Å². The molecule has 2 aromatic rings. The number of nitrogens with one attached hydrogen (secondary N) is 1. The van der Waals surface area contributed by atoms with Crippen LogP contribution in [0.15, 0.2) is 29.4 Å². The van der Waals surface area contributed by atoms with E-state index in [0.717, 1.165) is 18.1 Å². The number of esters is 1. The fraction of sp³-hybridized carbons (Fsp3) is 0.438. The van der Waals surface area contributed by atoms with Crippen LogP contribution in [0.5, 0.6) is 0 Å². The quantitative estimate of drug-likeness (QED) is 0.567. The van der Waals surface area contributed by atoms with E-state index in [1.54, 1.807) is 0 Å². The first-order chi connectivity index (χ1) is 11.5. The third-order valence-electron chi connectivity index (χ3n) is 3.09. The van der Waals surface area contributed by atoms with Crippen LogP contribution >= 0.6 is 23.4 Å². The van der Waals surface area contributed by atoms with Crippen LogP contribution in [0.4, 0.5) is 5.69 Å². The van der Waals surface area contributed by atoms with E-state index in [2.05, 4.69) is 15.5 Å². The first-order valence-corrected chi connectivity index (χ1v) is 9.09. The van der Waals surface area contributed by atoms with Crippen molar-refractivity contribution >= 4 is 35.0 Å². The molecule has 0 unspecified atom stereocenters. The lowest BCUT2D eigenvalue weighted by molar-refractivity contribution is -0.144. The predicted molar refractivity (Wildman–Crippen MR) is 96.4 cm³/mol. The molecule has 1 aromatic heterocycles. The fourth-order valence-electron chi connectivity index (χ4n) is 2.04. The summed E-state index contributed by atoms with van der Waals surface area (Å²) in [5.74, 6) is 0.787. The standard InChI is InChI=1S/C16H21ClN4O2S/c1-4-21-14(9-18-13-7-5-12(17)6-8-13)19-20-16(21)24-10-15(22)23-11(2)3/h5-8,11,18H,4,9-10H2,1-3H3. The van der Waals surface area contributed by atoms with Gasteiger partial charge in [0, 0.05) is 17.3 Å². The molecular weight excluding hydrogens is 348 g/mol. The van der Waals surface area contributed by atoms with E-state index in [1.807, 2.05) is 49.6 Å². The van der Waals surface area contributed by atoms with Crippen LogP contribution in [0.3, 0.4) is 0 Å². The van der Waals surface area contributed by atoms with Gasteiger partial charge in [0.2, 0.25) is 0 Å². The molecule has 1 aromatic carbocycles. The third-order valence-corrected chi connectivity index (χ3v) is 4.28. The maximum Gasteiger partial charge on any atom is 0.316 e.